The molecule has 0 saturated carbocycles. The Bertz CT molecular complexity index is 431. The van der Waals surface area contributed by atoms with Crippen molar-refractivity contribution in [2.24, 2.45) is 5.92 Å². The van der Waals surface area contributed by atoms with Crippen molar-refractivity contribution in [3.63, 3.8) is 0 Å². The summed E-state index contributed by atoms with van der Waals surface area (Å²) < 4.78 is 31.6. The summed E-state index contributed by atoms with van der Waals surface area (Å²) in [6, 6.07) is 3.87. The zero-order chi connectivity index (χ0) is 12.4. The molecule has 0 aromatic heterocycles. The van der Waals surface area contributed by atoms with Crippen molar-refractivity contribution in [3.05, 3.63) is 35.4 Å². The Morgan fingerprint density at radius 1 is 1.47 bits per heavy atom. The maximum absolute atomic E-state index is 13.4. The number of ketones is 1. The zero-order valence-electron chi connectivity index (χ0n) is 9.58. The van der Waals surface area contributed by atoms with Crippen LogP contribution in [-0.4, -0.2) is 18.5 Å². The predicted molar refractivity (Wildman–Crippen MR) is 58.6 cm³/mol. The minimum Gasteiger partial charge on any atom is -0.370 e. The van der Waals surface area contributed by atoms with Gasteiger partial charge in [0.1, 0.15) is 6.10 Å². The van der Waals surface area contributed by atoms with Gasteiger partial charge in [-0.05, 0) is 24.0 Å². The van der Waals surface area contributed by atoms with Crippen LogP contribution in [0.4, 0.5) is 8.78 Å². The van der Waals surface area contributed by atoms with E-state index in [2.05, 4.69) is 0 Å². The Morgan fingerprint density at radius 2 is 2.24 bits per heavy atom. The van der Waals surface area contributed by atoms with Crippen molar-refractivity contribution in [3.8, 4) is 0 Å². The van der Waals surface area contributed by atoms with Crippen LogP contribution in [0.15, 0.2) is 18.2 Å². The van der Waals surface area contributed by atoms with E-state index < -0.39 is 17.7 Å². The number of Topliss-reactive ketones (excluding diaryl/α,β-unsaturated/α-hetero) is 1. The lowest BCUT2D eigenvalue weighted by Crippen LogP contribution is -2.27. The lowest BCUT2D eigenvalue weighted by molar-refractivity contribution is -0.128. The van der Waals surface area contributed by atoms with Gasteiger partial charge in [-0.3, -0.25) is 4.79 Å². The number of hydrogen-bond acceptors (Lipinski definition) is 2. The molecule has 0 radical (unpaired) electrons. The molecule has 1 fully saturated rings. The summed E-state index contributed by atoms with van der Waals surface area (Å²) >= 11 is 0. The third-order valence-corrected chi connectivity index (χ3v) is 3.10. The molecule has 2 atom stereocenters. The molecule has 1 aromatic carbocycles. The lowest BCUT2D eigenvalue weighted by Gasteiger charge is -2.13. The van der Waals surface area contributed by atoms with Crippen LogP contribution in [0.2, 0.25) is 0 Å². The molecule has 2 unspecified atom stereocenters. The van der Waals surface area contributed by atoms with Gasteiger partial charge in [0, 0.05) is 13.0 Å². The fourth-order valence-corrected chi connectivity index (χ4v) is 2.08. The first-order chi connectivity index (χ1) is 8.09. The van der Waals surface area contributed by atoms with Crippen molar-refractivity contribution in [2.45, 2.75) is 25.9 Å². The average molecular weight is 240 g/mol. The van der Waals surface area contributed by atoms with Gasteiger partial charge in [0.2, 0.25) is 0 Å². The van der Waals surface area contributed by atoms with Crippen LogP contribution in [0.1, 0.15) is 18.9 Å². The van der Waals surface area contributed by atoms with Crippen LogP contribution in [0.3, 0.4) is 0 Å². The van der Waals surface area contributed by atoms with Crippen molar-refractivity contribution in [1.29, 1.82) is 0 Å². The quantitative estimate of drug-likeness (QED) is 0.811. The first kappa shape index (κ1) is 12.2. The number of carbonyl (C=O) groups is 1. The van der Waals surface area contributed by atoms with Crippen molar-refractivity contribution < 1.29 is 18.3 Å². The molecule has 1 heterocycles. The molecule has 0 aliphatic carbocycles. The molecular weight excluding hydrogens is 226 g/mol. The summed E-state index contributed by atoms with van der Waals surface area (Å²) in [4.78, 5) is 11.9. The van der Waals surface area contributed by atoms with Gasteiger partial charge in [-0.15, -0.1) is 0 Å². The molecule has 0 bridgehead atoms. The fraction of sp³-hybridized carbons (Fsp3) is 0.462. The van der Waals surface area contributed by atoms with Crippen molar-refractivity contribution in [1.82, 2.24) is 0 Å². The van der Waals surface area contributed by atoms with E-state index in [1.54, 1.807) is 0 Å². The van der Waals surface area contributed by atoms with Gasteiger partial charge in [-0.1, -0.05) is 19.1 Å². The van der Waals surface area contributed by atoms with E-state index in [9.17, 15) is 13.6 Å². The highest BCUT2D eigenvalue weighted by atomic mass is 19.2. The minimum atomic E-state index is -0.938. The van der Waals surface area contributed by atoms with Gasteiger partial charge in [0.15, 0.2) is 17.4 Å². The molecule has 2 nitrogen and oxygen atoms in total. The van der Waals surface area contributed by atoms with Crippen LogP contribution in [0, 0.1) is 17.6 Å². The maximum atomic E-state index is 13.4. The highest BCUT2D eigenvalue weighted by Gasteiger charge is 2.31. The molecule has 1 aromatic rings. The normalized spacial score (nSPS) is 23.9. The number of carbonyl (C=O) groups excluding carboxylic acids is 1. The second-order valence-corrected chi connectivity index (χ2v) is 4.41. The summed E-state index contributed by atoms with van der Waals surface area (Å²) in [5, 5.41) is 0. The topological polar surface area (TPSA) is 26.3 Å². The zero-order valence-corrected chi connectivity index (χ0v) is 9.58. The van der Waals surface area contributed by atoms with E-state index >= 15 is 0 Å². The molecule has 1 aliphatic rings. The largest absolute Gasteiger partial charge is 0.370 e. The SMILES string of the molecule is CC1CCOC1C(=O)Cc1cccc(F)c1F. The maximum Gasteiger partial charge on any atom is 0.166 e. The molecule has 1 saturated heterocycles. The molecule has 4 heteroatoms. The number of rotatable bonds is 3. The third-order valence-electron chi connectivity index (χ3n) is 3.10. The highest BCUT2D eigenvalue weighted by Crippen LogP contribution is 2.23. The number of benzene rings is 1. The molecule has 1 aliphatic heterocycles. The molecule has 0 spiro atoms. The second-order valence-electron chi connectivity index (χ2n) is 4.41. The Labute approximate surface area is 98.6 Å². The van der Waals surface area contributed by atoms with Crippen LogP contribution >= 0.6 is 0 Å². The monoisotopic (exact) mass is 240 g/mol. The molecule has 92 valence electrons. The highest BCUT2D eigenvalue weighted by molar-refractivity contribution is 5.85. The Balaban J connectivity index is 2.10. The van der Waals surface area contributed by atoms with E-state index in [0.717, 1.165) is 12.5 Å². The second kappa shape index (κ2) is 4.92. The third kappa shape index (κ3) is 2.52. The van der Waals surface area contributed by atoms with Crippen LogP contribution in [-0.2, 0) is 16.0 Å². The first-order valence-corrected chi connectivity index (χ1v) is 5.67. The Morgan fingerprint density at radius 3 is 2.88 bits per heavy atom. The van der Waals surface area contributed by atoms with Crippen LogP contribution < -0.4 is 0 Å². The van der Waals surface area contributed by atoms with Gasteiger partial charge in [-0.25, -0.2) is 8.78 Å². The summed E-state index contributed by atoms with van der Waals surface area (Å²) in [5.74, 6) is -1.89. The Kier molecular flexibility index (Phi) is 3.52. The smallest absolute Gasteiger partial charge is 0.166 e. The van der Waals surface area contributed by atoms with Gasteiger partial charge >= 0.3 is 0 Å². The number of ether oxygens (including phenoxy) is 1. The molecular formula is C13H14F2O2. The van der Waals surface area contributed by atoms with E-state index in [-0.39, 0.29) is 23.7 Å². The first-order valence-electron chi connectivity index (χ1n) is 5.67. The lowest BCUT2D eigenvalue weighted by atomic mass is 9.96. The molecule has 0 amide bonds. The van der Waals surface area contributed by atoms with Gasteiger partial charge in [0.25, 0.3) is 0 Å². The van der Waals surface area contributed by atoms with Crippen molar-refractivity contribution >= 4 is 5.78 Å². The number of hydrogen-bond donors (Lipinski definition) is 0. The summed E-state index contributed by atoms with van der Waals surface area (Å²) in [6.07, 6.45) is 0.248. The predicted octanol–water partition coefficient (Wildman–Crippen LogP) is 2.50. The summed E-state index contributed by atoms with van der Waals surface area (Å²) in [6.45, 7) is 2.49. The van der Waals surface area contributed by atoms with Crippen LogP contribution in [0.5, 0.6) is 0 Å². The Hall–Kier alpha value is -1.29. The van der Waals surface area contributed by atoms with Gasteiger partial charge in [-0.2, -0.15) is 0 Å². The molecule has 2 rings (SSSR count). The number of halogens is 2. The van der Waals surface area contributed by atoms with E-state index in [1.807, 2.05) is 6.92 Å². The van der Waals surface area contributed by atoms with Gasteiger partial charge < -0.3 is 4.74 Å². The van der Waals surface area contributed by atoms with E-state index in [4.69, 9.17) is 4.74 Å². The summed E-state index contributed by atoms with van der Waals surface area (Å²) in [5.41, 5.74) is 0.0951. The van der Waals surface area contributed by atoms with Crippen LogP contribution in [0.25, 0.3) is 0 Å². The van der Waals surface area contributed by atoms with Gasteiger partial charge in [0.05, 0.1) is 0 Å². The standard InChI is InChI=1S/C13H14F2O2/c1-8-5-6-17-13(8)11(16)7-9-3-2-4-10(14)12(9)15/h2-4,8,13H,5-7H2,1H3. The van der Waals surface area contributed by atoms with E-state index in [1.165, 1.54) is 12.1 Å². The molecule has 0 N–H and O–H groups in total. The van der Waals surface area contributed by atoms with Crippen molar-refractivity contribution in [2.75, 3.05) is 6.61 Å². The minimum absolute atomic E-state index is 0.0951. The fourth-order valence-electron chi connectivity index (χ4n) is 2.08. The molecule has 17 heavy (non-hydrogen) atoms. The summed E-state index contributed by atoms with van der Waals surface area (Å²) in [7, 11) is 0. The average Bonchev–Trinajstić information content (AvgIpc) is 2.71. The van der Waals surface area contributed by atoms with E-state index in [0.29, 0.717) is 6.61 Å².